The van der Waals surface area contributed by atoms with Gasteiger partial charge in [-0.3, -0.25) is 4.79 Å². The van der Waals surface area contributed by atoms with Gasteiger partial charge < -0.3 is 25.7 Å². The molecule has 0 unspecified atom stereocenters. The fraction of sp³-hybridized carbons (Fsp3) is 0.613. The molecule has 2 heterocycles. The number of rotatable bonds is 35. The van der Waals surface area contributed by atoms with Gasteiger partial charge in [0.25, 0.3) is 0 Å². The quantitative estimate of drug-likeness (QED) is 0.0273. The van der Waals surface area contributed by atoms with Crippen molar-refractivity contribution in [2.24, 2.45) is 4.90 Å². The van der Waals surface area contributed by atoms with Crippen LogP contribution < -0.4 is 26.3 Å². The van der Waals surface area contributed by atoms with Gasteiger partial charge in [0, 0.05) is 38.6 Å². The molecule has 6 nitrogen and oxygen atoms in total. The number of carbonyl (C=O) groups excluding carboxylic acids is 1. The molecule has 0 spiro atoms. The molecule has 1 aliphatic carbocycles. The van der Waals surface area contributed by atoms with Crippen molar-refractivity contribution in [2.45, 2.75) is 245 Å². The van der Waals surface area contributed by atoms with Crippen LogP contribution in [0.5, 0.6) is 0 Å². The highest BCUT2D eigenvalue weighted by Crippen LogP contribution is 2.46. The number of hydrogen-bond donors (Lipinski definition) is 4. The van der Waals surface area contributed by atoms with E-state index in [0.717, 1.165) is 67.6 Å². The zero-order chi connectivity index (χ0) is 48.9. The van der Waals surface area contributed by atoms with Gasteiger partial charge >= 0.3 is 14.0 Å². The minimum atomic E-state index is -0.0915. The highest BCUT2D eigenvalue weighted by Gasteiger charge is 2.40. The zero-order valence-corrected chi connectivity index (χ0v) is 44.5. The molecular formula is C62H92B2N4O2. The number of Topliss-reactive ketones (excluding diaryl/α,β-unsaturated/α-hetero) is 1. The zero-order valence-electron chi connectivity index (χ0n) is 44.5. The van der Waals surface area contributed by atoms with Gasteiger partial charge in [-0.05, 0) is 34.5 Å². The standard InChI is InChI=1S/C62H92B2N4O2/c1-5-9-13-17-21-25-29-37-49(38-30-26-22-18-14-10-6-2)63-65-53-41-33-35-47-43-45-51(59(67-63)55(47)53)57-61(69)58(62(57)70)52-46-44-48-36-34-42-54-56(48)60(52)68-64(66-54)50(39-31-27-23-19-15-11-7-3)40-32-28-24-20-16-12-8-4/h33-36,41-46,49-50,65-67,69H,5-32,37-40H2,1-4H3/b58-52+. The molecule has 0 radical (unpaired) electrons. The van der Waals surface area contributed by atoms with Gasteiger partial charge in [-0.2, -0.15) is 0 Å². The summed E-state index contributed by atoms with van der Waals surface area (Å²) in [6.07, 6.45) is 41.2. The molecule has 4 aromatic rings. The van der Waals surface area contributed by atoms with Gasteiger partial charge in [0.2, 0.25) is 5.78 Å². The average molecular weight is 947 g/mol. The lowest BCUT2D eigenvalue weighted by Crippen LogP contribution is -2.43. The lowest BCUT2D eigenvalue weighted by Gasteiger charge is -2.34. The molecule has 2 aliphatic heterocycles. The molecule has 0 atom stereocenters. The molecule has 0 amide bonds. The highest BCUT2D eigenvalue weighted by molar-refractivity contribution is 6.69. The Kier molecular flexibility index (Phi) is 22.0. The first-order valence-electron chi connectivity index (χ1n) is 29.5. The molecule has 7 rings (SSSR count). The van der Waals surface area contributed by atoms with Gasteiger partial charge in [-0.1, -0.05) is 282 Å². The summed E-state index contributed by atoms with van der Waals surface area (Å²) in [5.74, 6) is 0.857. The third-order valence-corrected chi connectivity index (χ3v) is 16.3. The van der Waals surface area contributed by atoms with Gasteiger partial charge in [-0.15, -0.1) is 0 Å². The van der Waals surface area contributed by atoms with Gasteiger partial charge in [-0.25, -0.2) is 0 Å². The number of unbranched alkanes of at least 4 members (excludes halogenated alkanes) is 24. The van der Waals surface area contributed by atoms with Crippen molar-refractivity contribution in [3.63, 3.8) is 0 Å². The lowest BCUT2D eigenvalue weighted by atomic mass is 9.57. The van der Waals surface area contributed by atoms with Crippen LogP contribution in [0.25, 0.3) is 32.7 Å². The molecule has 0 fully saturated rings. The number of nitrogens with one attached hydrogen (secondary N) is 3. The molecule has 0 saturated heterocycles. The number of carbonyl (C=O) groups is 1. The predicted octanol–water partition coefficient (Wildman–Crippen LogP) is 17.9. The lowest BCUT2D eigenvalue weighted by molar-refractivity contribution is -0.109. The van der Waals surface area contributed by atoms with E-state index in [1.807, 2.05) is 6.07 Å². The van der Waals surface area contributed by atoms with E-state index in [-0.39, 0.29) is 25.5 Å². The second-order valence-corrected chi connectivity index (χ2v) is 21.8. The number of allylic oxidation sites excluding steroid dienone is 2. The molecule has 70 heavy (non-hydrogen) atoms. The molecule has 0 saturated carbocycles. The Morgan fingerprint density at radius 3 is 1.41 bits per heavy atom. The third-order valence-electron chi connectivity index (χ3n) is 16.3. The molecule has 8 heteroatoms. The molecule has 378 valence electrons. The first-order chi connectivity index (χ1) is 34.5. The van der Waals surface area contributed by atoms with E-state index in [9.17, 15) is 9.90 Å². The summed E-state index contributed by atoms with van der Waals surface area (Å²) in [5.41, 5.74) is 4.82. The smallest absolute Gasteiger partial charge is 0.395 e. The predicted molar refractivity (Wildman–Crippen MR) is 307 cm³/mol. The Bertz CT molecular complexity index is 2390. The van der Waals surface area contributed by atoms with Gasteiger partial charge in [0.1, 0.15) is 5.76 Å². The molecule has 0 aromatic heterocycles. The van der Waals surface area contributed by atoms with Crippen LogP contribution in [-0.4, -0.2) is 24.9 Å². The second-order valence-electron chi connectivity index (χ2n) is 21.8. The number of nitrogens with zero attached hydrogens (tertiary/aromatic N) is 1. The van der Waals surface area contributed by atoms with Gasteiger partial charge in [0.05, 0.1) is 16.5 Å². The van der Waals surface area contributed by atoms with E-state index < -0.39 is 0 Å². The van der Waals surface area contributed by atoms with Crippen molar-refractivity contribution in [1.29, 1.82) is 0 Å². The monoisotopic (exact) mass is 947 g/mol. The van der Waals surface area contributed by atoms with Gasteiger partial charge in [0.15, 0.2) is 0 Å². The fourth-order valence-electron chi connectivity index (χ4n) is 12.1. The maximum Gasteiger partial charge on any atom is 0.395 e. The number of anilines is 3. The van der Waals surface area contributed by atoms with Crippen LogP contribution in [0, 0.1) is 0 Å². The Morgan fingerprint density at radius 2 is 0.914 bits per heavy atom. The largest absolute Gasteiger partial charge is 0.506 e. The first kappa shape index (κ1) is 53.6. The summed E-state index contributed by atoms with van der Waals surface area (Å²) in [6, 6.07) is 21.3. The van der Waals surface area contributed by atoms with E-state index in [1.165, 1.54) is 193 Å². The SMILES string of the molecule is CCCCCCCCCC(CCCCCCCCC)B1N=c2/c(=C3/C(=O)C(c4ccc5cccc6c5c4NB(C(CCCCCCCCC)CCCCCCCCC)N6)=C3O)ccc3cccc(c23)N1. The van der Waals surface area contributed by atoms with Crippen molar-refractivity contribution in [3.05, 3.63) is 82.6 Å². The van der Waals surface area contributed by atoms with E-state index in [0.29, 0.717) is 22.8 Å². The third kappa shape index (κ3) is 14.1. The van der Waals surface area contributed by atoms with Crippen LogP contribution >= 0.6 is 0 Å². The van der Waals surface area contributed by atoms with Crippen LogP contribution in [0.3, 0.4) is 0 Å². The molecule has 4 aromatic carbocycles. The number of benzene rings is 4. The maximum atomic E-state index is 14.9. The van der Waals surface area contributed by atoms with Crippen LogP contribution in [0.2, 0.25) is 11.6 Å². The van der Waals surface area contributed by atoms with E-state index >= 15 is 0 Å². The van der Waals surface area contributed by atoms with Crippen molar-refractivity contribution in [1.82, 2.24) is 0 Å². The summed E-state index contributed by atoms with van der Waals surface area (Å²) in [4.78, 5) is 20.5. The van der Waals surface area contributed by atoms with Crippen molar-refractivity contribution in [3.8, 4) is 0 Å². The number of ketones is 1. The Balaban J connectivity index is 1.18. The highest BCUT2D eigenvalue weighted by atomic mass is 16.3. The van der Waals surface area contributed by atoms with Crippen LogP contribution in [0.4, 0.5) is 17.1 Å². The topological polar surface area (TPSA) is 85.8 Å². The summed E-state index contributed by atoms with van der Waals surface area (Å²) in [7, 11) is 0. The van der Waals surface area contributed by atoms with Crippen molar-refractivity contribution in [2.75, 3.05) is 15.7 Å². The number of hydrogen-bond acceptors (Lipinski definition) is 6. The van der Waals surface area contributed by atoms with E-state index in [4.69, 9.17) is 4.90 Å². The first-order valence-corrected chi connectivity index (χ1v) is 29.5. The summed E-state index contributed by atoms with van der Waals surface area (Å²) < 4.78 is 0. The van der Waals surface area contributed by atoms with Crippen molar-refractivity contribution >= 4 is 69.5 Å². The summed E-state index contributed by atoms with van der Waals surface area (Å²) in [6.45, 7) is 9.14. The number of aliphatic hydroxyl groups excluding tert-OH is 1. The summed E-state index contributed by atoms with van der Waals surface area (Å²) >= 11 is 0. The van der Waals surface area contributed by atoms with Crippen molar-refractivity contribution < 1.29 is 9.90 Å². The fourth-order valence-corrected chi connectivity index (χ4v) is 12.1. The number of aliphatic hydroxyl groups is 1. The summed E-state index contributed by atoms with van der Waals surface area (Å²) in [5, 5.41) is 30.3. The molecule has 3 aliphatic rings. The minimum absolute atomic E-state index is 0.0440. The average Bonchev–Trinajstić information content (AvgIpc) is 3.37. The Labute approximate surface area is 425 Å². The molecular weight excluding hydrogens is 854 g/mol. The second kappa shape index (κ2) is 28.7. The van der Waals surface area contributed by atoms with E-state index in [2.05, 4.69) is 98.0 Å². The Hall–Kier alpha value is -4.19. The minimum Gasteiger partial charge on any atom is -0.506 e. The molecule has 0 bridgehead atoms. The van der Waals surface area contributed by atoms with Crippen LogP contribution in [-0.2, 0) is 4.79 Å². The Morgan fingerprint density at radius 1 is 0.471 bits per heavy atom. The maximum absolute atomic E-state index is 14.9. The van der Waals surface area contributed by atoms with Crippen LogP contribution in [0.15, 0.2) is 71.3 Å². The normalized spacial score (nSPS) is 15.0. The molecule has 4 N–H and O–H groups in total. The van der Waals surface area contributed by atoms with Crippen LogP contribution in [0.1, 0.15) is 239 Å². The van der Waals surface area contributed by atoms with E-state index in [1.54, 1.807) is 0 Å².